The SMILES string of the molecule is CCNC(=NCCCN(C)C1CCCCC1)N1CCC(COC)C1. The molecule has 1 saturated heterocycles. The number of hydrogen-bond donors (Lipinski definition) is 1. The summed E-state index contributed by atoms with van der Waals surface area (Å²) in [5.41, 5.74) is 0. The minimum Gasteiger partial charge on any atom is -0.384 e. The highest BCUT2D eigenvalue weighted by atomic mass is 16.5. The van der Waals surface area contributed by atoms with Gasteiger partial charge in [-0.05, 0) is 46.2 Å². The van der Waals surface area contributed by atoms with Crippen LogP contribution in [-0.2, 0) is 4.74 Å². The summed E-state index contributed by atoms with van der Waals surface area (Å²) >= 11 is 0. The number of likely N-dealkylation sites (tertiary alicyclic amines) is 1. The zero-order valence-electron chi connectivity index (χ0n) is 16.1. The fraction of sp³-hybridized carbons (Fsp3) is 0.947. The van der Waals surface area contributed by atoms with Gasteiger partial charge in [-0.1, -0.05) is 19.3 Å². The summed E-state index contributed by atoms with van der Waals surface area (Å²) in [4.78, 5) is 9.83. The lowest BCUT2D eigenvalue weighted by atomic mass is 9.94. The Bertz CT molecular complexity index is 368. The lowest BCUT2D eigenvalue weighted by Gasteiger charge is -2.31. The second kappa shape index (κ2) is 10.9. The van der Waals surface area contributed by atoms with Crippen molar-refractivity contribution in [2.75, 3.05) is 53.5 Å². The van der Waals surface area contributed by atoms with Crippen molar-refractivity contribution in [1.82, 2.24) is 15.1 Å². The first-order valence-electron chi connectivity index (χ1n) is 9.97. The highest BCUT2D eigenvalue weighted by Gasteiger charge is 2.24. The molecule has 2 aliphatic rings. The summed E-state index contributed by atoms with van der Waals surface area (Å²) in [7, 11) is 4.09. The molecule has 1 N–H and O–H groups in total. The van der Waals surface area contributed by atoms with Gasteiger partial charge in [0.1, 0.15) is 0 Å². The van der Waals surface area contributed by atoms with Gasteiger partial charge in [-0.2, -0.15) is 0 Å². The van der Waals surface area contributed by atoms with Gasteiger partial charge in [-0.15, -0.1) is 0 Å². The molecule has 1 aliphatic carbocycles. The van der Waals surface area contributed by atoms with Crippen molar-refractivity contribution < 1.29 is 4.74 Å². The summed E-state index contributed by atoms with van der Waals surface area (Å²) < 4.78 is 5.30. The van der Waals surface area contributed by atoms with Gasteiger partial charge in [-0.3, -0.25) is 4.99 Å². The van der Waals surface area contributed by atoms with E-state index in [1.807, 2.05) is 0 Å². The maximum absolute atomic E-state index is 5.30. The van der Waals surface area contributed by atoms with E-state index in [4.69, 9.17) is 9.73 Å². The van der Waals surface area contributed by atoms with Crippen LogP contribution in [-0.4, -0.2) is 75.3 Å². The van der Waals surface area contributed by atoms with Crippen LogP contribution in [0.5, 0.6) is 0 Å². The van der Waals surface area contributed by atoms with E-state index >= 15 is 0 Å². The zero-order chi connectivity index (χ0) is 17.2. The van der Waals surface area contributed by atoms with Gasteiger partial charge in [0.25, 0.3) is 0 Å². The molecule has 0 spiro atoms. The van der Waals surface area contributed by atoms with Gasteiger partial charge in [0.15, 0.2) is 5.96 Å². The van der Waals surface area contributed by atoms with E-state index in [1.54, 1.807) is 7.11 Å². The molecule has 0 aromatic rings. The Morgan fingerprint density at radius 1 is 1.25 bits per heavy atom. The number of ether oxygens (including phenoxy) is 1. The number of nitrogens with one attached hydrogen (secondary N) is 1. The maximum atomic E-state index is 5.30. The largest absolute Gasteiger partial charge is 0.384 e. The number of nitrogens with zero attached hydrogens (tertiary/aromatic N) is 3. The molecule has 1 heterocycles. The monoisotopic (exact) mass is 338 g/mol. The molecule has 2 fully saturated rings. The molecular weight excluding hydrogens is 300 g/mol. The van der Waals surface area contributed by atoms with Gasteiger partial charge < -0.3 is 19.9 Å². The number of methoxy groups -OCH3 is 1. The van der Waals surface area contributed by atoms with Crippen LogP contribution in [0.15, 0.2) is 4.99 Å². The Morgan fingerprint density at radius 2 is 2.04 bits per heavy atom. The second-order valence-electron chi connectivity index (χ2n) is 7.42. The molecule has 1 unspecified atom stereocenters. The third-order valence-electron chi connectivity index (χ3n) is 5.45. The molecule has 1 saturated carbocycles. The molecule has 140 valence electrons. The Hall–Kier alpha value is -0.810. The third kappa shape index (κ3) is 6.25. The predicted octanol–water partition coefficient (Wildman–Crippen LogP) is 2.57. The average Bonchev–Trinajstić information content (AvgIpc) is 3.07. The number of aliphatic imine (C=N–C) groups is 1. The molecule has 0 bridgehead atoms. The molecule has 0 aromatic heterocycles. The molecule has 24 heavy (non-hydrogen) atoms. The third-order valence-corrected chi connectivity index (χ3v) is 5.45. The van der Waals surface area contributed by atoms with Crippen LogP contribution in [0, 0.1) is 5.92 Å². The van der Waals surface area contributed by atoms with Gasteiger partial charge in [-0.25, -0.2) is 0 Å². The van der Waals surface area contributed by atoms with E-state index in [0.717, 1.165) is 51.2 Å². The minimum atomic E-state index is 0.649. The molecule has 0 aromatic carbocycles. The fourth-order valence-corrected chi connectivity index (χ4v) is 4.03. The summed E-state index contributed by atoms with van der Waals surface area (Å²) in [6.07, 6.45) is 9.39. The first kappa shape index (κ1) is 19.5. The Labute approximate surface area is 148 Å². The van der Waals surface area contributed by atoms with Crippen LogP contribution in [0.25, 0.3) is 0 Å². The zero-order valence-corrected chi connectivity index (χ0v) is 16.1. The topological polar surface area (TPSA) is 40.1 Å². The molecular formula is C19H38N4O. The highest BCUT2D eigenvalue weighted by molar-refractivity contribution is 5.80. The first-order valence-corrected chi connectivity index (χ1v) is 9.97. The fourth-order valence-electron chi connectivity index (χ4n) is 4.03. The standard InChI is InChI=1S/C19H38N4O/c1-4-20-19(23-14-11-17(15-23)16-24-3)21-12-8-13-22(2)18-9-6-5-7-10-18/h17-18H,4-16H2,1-3H3,(H,20,21). The van der Waals surface area contributed by atoms with Crippen LogP contribution < -0.4 is 5.32 Å². The smallest absolute Gasteiger partial charge is 0.193 e. The van der Waals surface area contributed by atoms with E-state index < -0.39 is 0 Å². The van der Waals surface area contributed by atoms with Gasteiger partial charge >= 0.3 is 0 Å². The van der Waals surface area contributed by atoms with E-state index in [0.29, 0.717) is 5.92 Å². The Kier molecular flexibility index (Phi) is 8.89. The number of hydrogen-bond acceptors (Lipinski definition) is 3. The van der Waals surface area contributed by atoms with Crippen molar-refractivity contribution >= 4 is 5.96 Å². The van der Waals surface area contributed by atoms with Crippen LogP contribution >= 0.6 is 0 Å². The van der Waals surface area contributed by atoms with E-state index in [-0.39, 0.29) is 0 Å². The molecule has 0 radical (unpaired) electrons. The Balaban J connectivity index is 1.72. The van der Waals surface area contributed by atoms with Crippen molar-refractivity contribution in [2.24, 2.45) is 10.9 Å². The summed E-state index contributed by atoms with van der Waals surface area (Å²) in [6.45, 7) is 8.21. The molecule has 0 amide bonds. The van der Waals surface area contributed by atoms with Crippen molar-refractivity contribution in [3.05, 3.63) is 0 Å². The summed E-state index contributed by atoms with van der Waals surface area (Å²) in [5.74, 6) is 1.74. The molecule has 5 heteroatoms. The van der Waals surface area contributed by atoms with E-state index in [1.165, 1.54) is 45.1 Å². The predicted molar refractivity (Wildman–Crippen MR) is 102 cm³/mol. The lowest BCUT2D eigenvalue weighted by Crippen LogP contribution is -2.40. The van der Waals surface area contributed by atoms with Gasteiger partial charge in [0.05, 0.1) is 6.61 Å². The molecule has 1 atom stereocenters. The number of guanidine groups is 1. The quantitative estimate of drug-likeness (QED) is 0.419. The van der Waals surface area contributed by atoms with Crippen molar-refractivity contribution in [3.8, 4) is 0 Å². The summed E-state index contributed by atoms with van der Waals surface area (Å²) in [6, 6.07) is 0.810. The first-order chi connectivity index (χ1) is 11.7. The molecule has 1 aliphatic heterocycles. The van der Waals surface area contributed by atoms with Crippen LogP contribution in [0.3, 0.4) is 0 Å². The van der Waals surface area contributed by atoms with Crippen LogP contribution in [0.1, 0.15) is 51.9 Å². The second-order valence-corrected chi connectivity index (χ2v) is 7.42. The normalized spacial score (nSPS) is 23.2. The van der Waals surface area contributed by atoms with Crippen LogP contribution in [0.4, 0.5) is 0 Å². The van der Waals surface area contributed by atoms with Crippen molar-refractivity contribution in [1.29, 1.82) is 0 Å². The van der Waals surface area contributed by atoms with E-state index in [9.17, 15) is 0 Å². The lowest BCUT2D eigenvalue weighted by molar-refractivity contribution is 0.157. The van der Waals surface area contributed by atoms with Crippen LogP contribution in [0.2, 0.25) is 0 Å². The van der Waals surface area contributed by atoms with E-state index in [2.05, 4.69) is 29.1 Å². The maximum Gasteiger partial charge on any atom is 0.193 e. The molecule has 5 nitrogen and oxygen atoms in total. The molecule has 2 rings (SSSR count). The minimum absolute atomic E-state index is 0.649. The summed E-state index contributed by atoms with van der Waals surface area (Å²) in [5, 5.41) is 3.46. The average molecular weight is 339 g/mol. The Morgan fingerprint density at radius 3 is 2.75 bits per heavy atom. The van der Waals surface area contributed by atoms with Gasteiger partial charge in [0.2, 0.25) is 0 Å². The van der Waals surface area contributed by atoms with Crippen molar-refractivity contribution in [3.63, 3.8) is 0 Å². The van der Waals surface area contributed by atoms with Gasteiger partial charge in [0, 0.05) is 45.2 Å². The highest BCUT2D eigenvalue weighted by Crippen LogP contribution is 2.21. The van der Waals surface area contributed by atoms with Crippen molar-refractivity contribution in [2.45, 2.75) is 57.9 Å². The number of rotatable bonds is 8.